The highest BCUT2D eigenvalue weighted by atomic mass is 16.3. The number of phenolic OH excluding ortho intramolecular Hbond substituents is 1. The molecule has 0 bridgehead atoms. The number of rotatable bonds is 2. The maximum atomic E-state index is 12.0. The van der Waals surface area contributed by atoms with Crippen LogP contribution in [0.3, 0.4) is 0 Å². The Morgan fingerprint density at radius 2 is 2.13 bits per heavy atom. The molecule has 1 aromatic carbocycles. The van der Waals surface area contributed by atoms with E-state index in [2.05, 4.69) is 10.3 Å². The van der Waals surface area contributed by atoms with E-state index in [1.54, 1.807) is 54.3 Å². The third-order valence-electron chi connectivity index (χ3n) is 3.50. The number of nitrogens with zero attached hydrogens (tertiary/aromatic N) is 2. The molecule has 7 nitrogen and oxygen atoms in total. The maximum Gasteiger partial charge on any atom is 0.259 e. The minimum Gasteiger partial charge on any atom is -0.508 e. The standard InChI is InChI=1S/C16H15N5O2/c1-9-7-21(8-12(9)15(23)20-16(17)18)14-4-5-19-13-3-2-10(22)6-11(13)14/h2-8,22H,1H3,(H4,17,18,20,23). The number of nitrogens with one attached hydrogen (secondary N) is 2. The first-order valence-corrected chi connectivity index (χ1v) is 6.88. The van der Waals surface area contributed by atoms with Crippen molar-refractivity contribution in [3.05, 3.63) is 54.0 Å². The number of carbonyl (C=O) groups is 1. The first-order chi connectivity index (χ1) is 11.0. The van der Waals surface area contributed by atoms with Crippen molar-refractivity contribution in [1.82, 2.24) is 14.9 Å². The predicted molar refractivity (Wildman–Crippen MR) is 86.9 cm³/mol. The Morgan fingerprint density at radius 1 is 1.35 bits per heavy atom. The van der Waals surface area contributed by atoms with Gasteiger partial charge in [0.05, 0.1) is 16.8 Å². The van der Waals surface area contributed by atoms with Crippen molar-refractivity contribution in [3.63, 3.8) is 0 Å². The van der Waals surface area contributed by atoms with Crippen LogP contribution in [0, 0.1) is 12.3 Å². The van der Waals surface area contributed by atoms with Crippen LogP contribution in [0.1, 0.15) is 15.9 Å². The summed E-state index contributed by atoms with van der Waals surface area (Å²) in [5.74, 6) is -0.693. The lowest BCUT2D eigenvalue weighted by Gasteiger charge is -2.07. The van der Waals surface area contributed by atoms with Crippen LogP contribution in [0.25, 0.3) is 16.6 Å². The van der Waals surface area contributed by atoms with Gasteiger partial charge in [0.2, 0.25) is 0 Å². The third kappa shape index (κ3) is 2.71. The van der Waals surface area contributed by atoms with E-state index >= 15 is 0 Å². The maximum absolute atomic E-state index is 12.0. The Labute approximate surface area is 131 Å². The Hall–Kier alpha value is -3.35. The summed E-state index contributed by atoms with van der Waals surface area (Å²) in [7, 11) is 0. The number of hydrogen-bond donors (Lipinski definition) is 4. The lowest BCUT2D eigenvalue weighted by molar-refractivity contribution is 0.0976. The van der Waals surface area contributed by atoms with Crippen LogP contribution in [0.5, 0.6) is 5.75 Å². The van der Waals surface area contributed by atoms with Crippen LogP contribution >= 0.6 is 0 Å². The van der Waals surface area contributed by atoms with E-state index in [0.29, 0.717) is 5.56 Å². The van der Waals surface area contributed by atoms with E-state index in [9.17, 15) is 9.90 Å². The monoisotopic (exact) mass is 309 g/mol. The van der Waals surface area contributed by atoms with Gasteiger partial charge in [-0.3, -0.25) is 20.5 Å². The van der Waals surface area contributed by atoms with Gasteiger partial charge in [-0.05, 0) is 36.8 Å². The topological polar surface area (TPSA) is 117 Å². The van der Waals surface area contributed by atoms with E-state index in [0.717, 1.165) is 22.2 Å². The fourth-order valence-electron chi connectivity index (χ4n) is 2.47. The summed E-state index contributed by atoms with van der Waals surface area (Å²) in [6, 6.07) is 6.73. The van der Waals surface area contributed by atoms with Gasteiger partial charge in [0.25, 0.3) is 5.91 Å². The fraction of sp³-hybridized carbons (Fsp3) is 0.0625. The fourth-order valence-corrected chi connectivity index (χ4v) is 2.47. The Bertz CT molecular complexity index is 929. The number of guanidine groups is 1. The van der Waals surface area contributed by atoms with Crippen molar-refractivity contribution in [1.29, 1.82) is 5.41 Å². The van der Waals surface area contributed by atoms with E-state index < -0.39 is 11.9 Å². The predicted octanol–water partition coefficient (Wildman–Crippen LogP) is 1.66. The average Bonchev–Trinajstić information content (AvgIpc) is 2.87. The SMILES string of the molecule is Cc1cn(-c2ccnc3ccc(O)cc23)cc1C(=O)NC(=N)N. The van der Waals surface area contributed by atoms with Crippen molar-refractivity contribution >= 4 is 22.8 Å². The highest BCUT2D eigenvalue weighted by Gasteiger charge is 2.14. The molecule has 116 valence electrons. The molecule has 2 heterocycles. The Balaban J connectivity index is 2.11. The van der Waals surface area contributed by atoms with Crippen LogP contribution in [-0.2, 0) is 0 Å². The second-order valence-corrected chi connectivity index (χ2v) is 5.16. The zero-order valence-electron chi connectivity index (χ0n) is 12.4. The molecule has 3 rings (SSSR count). The number of aryl methyl sites for hydroxylation is 1. The summed E-state index contributed by atoms with van der Waals surface area (Å²) >= 11 is 0. The van der Waals surface area contributed by atoms with Crippen molar-refractivity contribution in [2.45, 2.75) is 6.92 Å². The highest BCUT2D eigenvalue weighted by molar-refractivity contribution is 6.05. The van der Waals surface area contributed by atoms with Gasteiger partial charge >= 0.3 is 0 Å². The first-order valence-electron chi connectivity index (χ1n) is 6.88. The summed E-state index contributed by atoms with van der Waals surface area (Å²) in [5.41, 5.74) is 7.89. The molecule has 0 aliphatic carbocycles. The molecule has 2 aromatic heterocycles. The molecule has 0 fully saturated rings. The van der Waals surface area contributed by atoms with Crippen LogP contribution in [-0.4, -0.2) is 26.5 Å². The quantitative estimate of drug-likeness (QED) is 0.425. The molecular formula is C16H15N5O2. The lowest BCUT2D eigenvalue weighted by atomic mass is 10.2. The van der Waals surface area contributed by atoms with E-state index in [1.165, 1.54) is 0 Å². The summed E-state index contributed by atoms with van der Waals surface area (Å²) in [6.07, 6.45) is 5.12. The third-order valence-corrected chi connectivity index (χ3v) is 3.50. The zero-order chi connectivity index (χ0) is 16.6. The normalized spacial score (nSPS) is 10.7. The van der Waals surface area contributed by atoms with E-state index in [-0.39, 0.29) is 5.75 Å². The van der Waals surface area contributed by atoms with E-state index in [1.807, 2.05) is 0 Å². The summed E-state index contributed by atoms with van der Waals surface area (Å²) in [5, 5.41) is 19.9. The summed E-state index contributed by atoms with van der Waals surface area (Å²) < 4.78 is 1.79. The number of aromatic hydroxyl groups is 1. The van der Waals surface area contributed by atoms with E-state index in [4.69, 9.17) is 11.1 Å². The highest BCUT2D eigenvalue weighted by Crippen LogP contribution is 2.25. The molecule has 5 N–H and O–H groups in total. The van der Waals surface area contributed by atoms with Gasteiger partial charge < -0.3 is 15.4 Å². The van der Waals surface area contributed by atoms with Crippen LogP contribution in [0.4, 0.5) is 0 Å². The van der Waals surface area contributed by atoms with Gasteiger partial charge in [-0.25, -0.2) is 0 Å². The number of benzene rings is 1. The lowest BCUT2D eigenvalue weighted by Crippen LogP contribution is -2.35. The van der Waals surface area contributed by atoms with Crippen molar-refractivity contribution in [3.8, 4) is 11.4 Å². The molecule has 0 saturated heterocycles. The number of fused-ring (bicyclic) bond motifs is 1. The summed E-state index contributed by atoms with van der Waals surface area (Å²) in [6.45, 7) is 1.80. The molecular weight excluding hydrogens is 294 g/mol. The zero-order valence-corrected chi connectivity index (χ0v) is 12.4. The van der Waals surface area contributed by atoms with Gasteiger partial charge in [-0.2, -0.15) is 0 Å². The number of aromatic nitrogens is 2. The molecule has 0 unspecified atom stereocenters. The number of nitrogens with two attached hydrogens (primary N) is 1. The molecule has 0 aliphatic heterocycles. The van der Waals surface area contributed by atoms with Gasteiger partial charge in [0, 0.05) is 24.0 Å². The van der Waals surface area contributed by atoms with Crippen LogP contribution in [0.2, 0.25) is 0 Å². The smallest absolute Gasteiger partial charge is 0.259 e. The number of phenols is 1. The largest absolute Gasteiger partial charge is 0.508 e. The number of carbonyl (C=O) groups excluding carboxylic acids is 1. The average molecular weight is 309 g/mol. The molecule has 3 aromatic rings. The number of amides is 1. The minimum atomic E-state index is -0.435. The molecule has 1 amide bonds. The van der Waals surface area contributed by atoms with Crippen molar-refractivity contribution in [2.75, 3.05) is 0 Å². The van der Waals surface area contributed by atoms with Gasteiger partial charge in [0.15, 0.2) is 5.96 Å². The second-order valence-electron chi connectivity index (χ2n) is 5.16. The Kier molecular flexibility index (Phi) is 3.46. The number of pyridine rings is 1. The van der Waals surface area contributed by atoms with Crippen molar-refractivity contribution in [2.24, 2.45) is 5.73 Å². The molecule has 0 radical (unpaired) electrons. The molecule has 0 atom stereocenters. The number of hydrogen-bond acceptors (Lipinski definition) is 4. The molecule has 0 spiro atoms. The first kappa shape index (κ1) is 14.6. The molecule has 23 heavy (non-hydrogen) atoms. The Morgan fingerprint density at radius 3 is 2.87 bits per heavy atom. The summed E-state index contributed by atoms with van der Waals surface area (Å²) in [4.78, 5) is 16.3. The van der Waals surface area contributed by atoms with Crippen LogP contribution in [0.15, 0.2) is 42.9 Å². The van der Waals surface area contributed by atoms with Crippen molar-refractivity contribution < 1.29 is 9.90 Å². The molecule has 0 saturated carbocycles. The van der Waals surface area contributed by atoms with Crippen LogP contribution < -0.4 is 11.1 Å². The molecule has 0 aliphatic rings. The molecule has 7 heteroatoms. The van der Waals surface area contributed by atoms with Gasteiger partial charge in [-0.15, -0.1) is 0 Å². The second kappa shape index (κ2) is 5.45. The minimum absolute atomic E-state index is 0.144. The van der Waals surface area contributed by atoms with Gasteiger partial charge in [-0.1, -0.05) is 0 Å². The van der Waals surface area contributed by atoms with Gasteiger partial charge in [0.1, 0.15) is 5.75 Å².